The van der Waals surface area contributed by atoms with Gasteiger partial charge in [-0.3, -0.25) is 4.79 Å². The molecule has 2 rings (SSSR count). The number of carbonyl (C=O) groups excluding carboxylic acids is 1. The first-order valence-electron chi connectivity index (χ1n) is 7.67. The highest BCUT2D eigenvalue weighted by atomic mass is 16.7. The summed E-state index contributed by atoms with van der Waals surface area (Å²) in [5.74, 6) is 0.247. The predicted octanol–water partition coefficient (Wildman–Crippen LogP) is 1.41. The van der Waals surface area contributed by atoms with Crippen LogP contribution in [0.15, 0.2) is 0 Å². The van der Waals surface area contributed by atoms with Crippen molar-refractivity contribution >= 4 is 5.91 Å². The minimum Gasteiger partial charge on any atom is -0.353 e. The van der Waals surface area contributed by atoms with Gasteiger partial charge in [-0.2, -0.15) is 0 Å². The normalized spacial score (nSPS) is 36.8. The van der Waals surface area contributed by atoms with Gasteiger partial charge >= 0.3 is 0 Å². The van der Waals surface area contributed by atoms with Crippen molar-refractivity contribution < 1.29 is 14.3 Å². The second-order valence-electron chi connectivity index (χ2n) is 6.83. The van der Waals surface area contributed by atoms with Gasteiger partial charge in [0.15, 0.2) is 5.79 Å². The topological polar surface area (TPSA) is 73.6 Å². The molecule has 1 saturated heterocycles. The monoisotopic (exact) mass is 284 g/mol. The van der Waals surface area contributed by atoms with E-state index in [2.05, 4.69) is 12.2 Å². The summed E-state index contributed by atoms with van der Waals surface area (Å²) in [6.45, 7) is 7.47. The van der Waals surface area contributed by atoms with Crippen molar-refractivity contribution in [2.45, 2.75) is 58.3 Å². The van der Waals surface area contributed by atoms with E-state index < -0.39 is 5.79 Å². The third-order valence-corrected chi connectivity index (χ3v) is 4.66. The second-order valence-corrected chi connectivity index (χ2v) is 6.83. The van der Waals surface area contributed by atoms with Crippen LogP contribution in [0.2, 0.25) is 0 Å². The Bertz CT molecular complexity index is 349. The minimum absolute atomic E-state index is 0.0636. The minimum atomic E-state index is -0.540. The van der Waals surface area contributed by atoms with Gasteiger partial charge < -0.3 is 20.5 Å². The van der Waals surface area contributed by atoms with Gasteiger partial charge in [0.1, 0.15) is 6.10 Å². The summed E-state index contributed by atoms with van der Waals surface area (Å²) in [5, 5.41) is 3.01. The molecule has 0 aromatic rings. The van der Waals surface area contributed by atoms with Crippen molar-refractivity contribution in [3.8, 4) is 0 Å². The molecule has 5 nitrogen and oxygen atoms in total. The van der Waals surface area contributed by atoms with E-state index in [9.17, 15) is 4.79 Å². The van der Waals surface area contributed by atoms with E-state index >= 15 is 0 Å². The molecular weight excluding hydrogens is 256 g/mol. The molecule has 0 bridgehead atoms. The summed E-state index contributed by atoms with van der Waals surface area (Å²) >= 11 is 0. The number of nitrogens with one attached hydrogen (secondary N) is 1. The zero-order valence-electron chi connectivity index (χ0n) is 12.9. The number of hydrogen-bond acceptors (Lipinski definition) is 4. The molecule has 0 aromatic carbocycles. The predicted molar refractivity (Wildman–Crippen MR) is 77.0 cm³/mol. The lowest BCUT2D eigenvalue weighted by atomic mass is 9.70. The Hall–Kier alpha value is -0.650. The van der Waals surface area contributed by atoms with Crippen LogP contribution < -0.4 is 11.1 Å². The van der Waals surface area contributed by atoms with Gasteiger partial charge in [-0.15, -0.1) is 0 Å². The largest absolute Gasteiger partial charge is 0.353 e. The Morgan fingerprint density at radius 1 is 1.35 bits per heavy atom. The standard InChI is InChI=1S/C15H28N2O3/c1-11-4-6-15(10-16,7-5-11)13(18)17-8-12-9-19-14(2,3)20-12/h11-12H,4-10,16H2,1-3H3,(H,17,18). The fourth-order valence-corrected chi connectivity index (χ4v) is 3.10. The number of carbonyl (C=O) groups is 1. The first kappa shape index (κ1) is 15.7. The highest BCUT2D eigenvalue weighted by Crippen LogP contribution is 2.38. The molecule has 2 aliphatic rings. The number of nitrogens with two attached hydrogens (primary N) is 1. The SMILES string of the molecule is CC1CCC(CN)(C(=O)NCC2COC(C)(C)O2)CC1. The molecule has 1 amide bonds. The lowest BCUT2D eigenvalue weighted by Crippen LogP contribution is -2.49. The molecule has 1 aliphatic carbocycles. The Morgan fingerprint density at radius 2 is 2.00 bits per heavy atom. The molecular formula is C15H28N2O3. The average Bonchev–Trinajstić information content (AvgIpc) is 2.77. The van der Waals surface area contributed by atoms with Crippen molar-refractivity contribution in [2.24, 2.45) is 17.1 Å². The molecule has 116 valence electrons. The van der Waals surface area contributed by atoms with Crippen LogP contribution in [0.4, 0.5) is 0 Å². The zero-order chi connectivity index (χ0) is 14.8. The molecule has 1 aliphatic heterocycles. The van der Waals surface area contributed by atoms with Gasteiger partial charge in [0.05, 0.1) is 12.0 Å². The fraction of sp³-hybridized carbons (Fsp3) is 0.933. The Labute approximate surface area is 121 Å². The molecule has 2 fully saturated rings. The van der Waals surface area contributed by atoms with E-state index in [0.717, 1.165) is 25.7 Å². The van der Waals surface area contributed by atoms with Crippen LogP contribution in [0.3, 0.4) is 0 Å². The van der Waals surface area contributed by atoms with Crippen molar-refractivity contribution in [3.05, 3.63) is 0 Å². The smallest absolute Gasteiger partial charge is 0.227 e. The van der Waals surface area contributed by atoms with Crippen LogP contribution in [0.5, 0.6) is 0 Å². The first-order valence-corrected chi connectivity index (χ1v) is 7.67. The molecule has 0 spiro atoms. The van der Waals surface area contributed by atoms with Gasteiger partial charge in [0.2, 0.25) is 5.91 Å². The highest BCUT2D eigenvalue weighted by molar-refractivity contribution is 5.83. The highest BCUT2D eigenvalue weighted by Gasteiger charge is 2.40. The Morgan fingerprint density at radius 3 is 2.50 bits per heavy atom. The summed E-state index contributed by atoms with van der Waals surface area (Å²) in [6, 6.07) is 0. The number of ether oxygens (including phenoxy) is 2. The molecule has 20 heavy (non-hydrogen) atoms. The molecule has 1 heterocycles. The fourth-order valence-electron chi connectivity index (χ4n) is 3.10. The van der Waals surface area contributed by atoms with Crippen molar-refractivity contribution in [3.63, 3.8) is 0 Å². The number of amides is 1. The Balaban J connectivity index is 1.84. The van der Waals surface area contributed by atoms with Crippen LogP contribution in [-0.2, 0) is 14.3 Å². The molecule has 1 saturated carbocycles. The summed E-state index contributed by atoms with van der Waals surface area (Å²) < 4.78 is 11.2. The van der Waals surface area contributed by atoms with Crippen LogP contribution in [0.25, 0.3) is 0 Å². The summed E-state index contributed by atoms with van der Waals surface area (Å²) in [4.78, 5) is 12.5. The Kier molecular flexibility index (Phi) is 4.72. The van der Waals surface area contributed by atoms with E-state index in [1.54, 1.807) is 0 Å². The lowest BCUT2D eigenvalue weighted by Gasteiger charge is -2.37. The molecule has 5 heteroatoms. The number of rotatable bonds is 4. The third-order valence-electron chi connectivity index (χ3n) is 4.66. The van der Waals surface area contributed by atoms with E-state index in [-0.39, 0.29) is 17.4 Å². The van der Waals surface area contributed by atoms with Gasteiger partial charge in [0, 0.05) is 13.1 Å². The summed E-state index contributed by atoms with van der Waals surface area (Å²) in [5.41, 5.74) is 5.52. The zero-order valence-corrected chi connectivity index (χ0v) is 12.9. The lowest BCUT2D eigenvalue weighted by molar-refractivity contribution is -0.142. The van der Waals surface area contributed by atoms with E-state index in [1.165, 1.54) is 0 Å². The van der Waals surface area contributed by atoms with Crippen molar-refractivity contribution in [1.82, 2.24) is 5.32 Å². The molecule has 1 atom stereocenters. The maximum atomic E-state index is 12.5. The summed E-state index contributed by atoms with van der Waals surface area (Å²) in [7, 11) is 0. The van der Waals surface area contributed by atoms with E-state index in [1.807, 2.05) is 13.8 Å². The first-order chi connectivity index (χ1) is 9.37. The maximum Gasteiger partial charge on any atom is 0.227 e. The van der Waals surface area contributed by atoms with Gasteiger partial charge in [-0.1, -0.05) is 6.92 Å². The molecule has 1 unspecified atom stereocenters. The second kappa shape index (κ2) is 6.00. The van der Waals surface area contributed by atoms with Crippen molar-refractivity contribution in [1.29, 1.82) is 0 Å². The van der Waals surface area contributed by atoms with E-state index in [4.69, 9.17) is 15.2 Å². The van der Waals surface area contributed by atoms with Gasteiger partial charge in [-0.25, -0.2) is 0 Å². The number of hydrogen-bond donors (Lipinski definition) is 2. The molecule has 0 aromatic heterocycles. The van der Waals surface area contributed by atoms with Crippen LogP contribution in [0.1, 0.15) is 46.5 Å². The van der Waals surface area contributed by atoms with Gasteiger partial charge in [-0.05, 0) is 45.4 Å². The van der Waals surface area contributed by atoms with E-state index in [0.29, 0.717) is 25.6 Å². The molecule has 3 N–H and O–H groups in total. The quantitative estimate of drug-likeness (QED) is 0.818. The average molecular weight is 284 g/mol. The van der Waals surface area contributed by atoms with Crippen LogP contribution in [0, 0.1) is 11.3 Å². The van der Waals surface area contributed by atoms with Gasteiger partial charge in [0.25, 0.3) is 0 Å². The maximum absolute atomic E-state index is 12.5. The molecule has 0 radical (unpaired) electrons. The third kappa shape index (κ3) is 3.51. The van der Waals surface area contributed by atoms with Crippen LogP contribution >= 0.6 is 0 Å². The van der Waals surface area contributed by atoms with Crippen molar-refractivity contribution in [2.75, 3.05) is 19.7 Å². The van der Waals surface area contributed by atoms with Crippen LogP contribution in [-0.4, -0.2) is 37.5 Å². The summed E-state index contributed by atoms with van der Waals surface area (Å²) in [6.07, 6.45) is 3.89.